The summed E-state index contributed by atoms with van der Waals surface area (Å²) in [6, 6.07) is 0. The molecule has 0 aromatic carbocycles. The molecule has 0 spiro atoms. The van der Waals surface area contributed by atoms with Crippen molar-refractivity contribution >= 4 is 11.9 Å². The number of ether oxygens (including phenoxy) is 2. The lowest BCUT2D eigenvalue weighted by Crippen LogP contribution is -2.21. The number of esters is 2. The van der Waals surface area contributed by atoms with E-state index in [4.69, 9.17) is 9.47 Å². The highest BCUT2D eigenvalue weighted by Crippen LogP contribution is 2.35. The summed E-state index contributed by atoms with van der Waals surface area (Å²) >= 11 is 0. The van der Waals surface area contributed by atoms with Crippen LogP contribution >= 0.6 is 0 Å². The fraction of sp³-hybridized carbons (Fsp3) is 0.647. The van der Waals surface area contributed by atoms with Crippen LogP contribution in [-0.4, -0.2) is 24.1 Å². The predicted molar refractivity (Wildman–Crippen MR) is 79.5 cm³/mol. The highest BCUT2D eigenvalue weighted by atomic mass is 16.6. The molecule has 0 amide bonds. The van der Waals surface area contributed by atoms with Crippen molar-refractivity contribution in [2.45, 2.75) is 59.2 Å². The lowest BCUT2D eigenvalue weighted by Gasteiger charge is -2.21. The maximum atomic E-state index is 11.8. The van der Waals surface area contributed by atoms with E-state index in [0.717, 1.165) is 18.4 Å². The Morgan fingerprint density at radius 1 is 1.29 bits per heavy atom. The standard InChI is InChI=1S/C17H24O4/c1-10-5-6-15-12(3)17(19)21-16(15)9-11(2)8-14(7-10)20-13(4)18/h7,9,12,14-16H,5-6,8H2,1-4H3/b10-7-,11-9+. The van der Waals surface area contributed by atoms with Crippen LogP contribution in [-0.2, 0) is 19.1 Å². The lowest BCUT2D eigenvalue weighted by molar-refractivity contribution is -0.144. The summed E-state index contributed by atoms with van der Waals surface area (Å²) in [6.07, 6.45) is 6.13. The van der Waals surface area contributed by atoms with Crippen LogP contribution < -0.4 is 0 Å². The highest BCUT2D eigenvalue weighted by molar-refractivity contribution is 5.75. The van der Waals surface area contributed by atoms with E-state index in [2.05, 4.69) is 6.92 Å². The van der Waals surface area contributed by atoms with Crippen LogP contribution in [0.5, 0.6) is 0 Å². The van der Waals surface area contributed by atoms with Gasteiger partial charge in [0, 0.05) is 19.3 Å². The van der Waals surface area contributed by atoms with Gasteiger partial charge in [-0.3, -0.25) is 9.59 Å². The van der Waals surface area contributed by atoms with Crippen LogP contribution in [0, 0.1) is 11.8 Å². The molecule has 4 atom stereocenters. The largest absolute Gasteiger partial charge is 0.458 e. The molecule has 2 rings (SSSR count). The molecule has 0 saturated carbocycles. The number of carbonyl (C=O) groups excluding carboxylic acids is 2. The van der Waals surface area contributed by atoms with Gasteiger partial charge in [-0.2, -0.15) is 0 Å². The molecule has 0 bridgehead atoms. The molecule has 1 aliphatic carbocycles. The zero-order valence-corrected chi connectivity index (χ0v) is 13.2. The fourth-order valence-electron chi connectivity index (χ4n) is 3.17. The van der Waals surface area contributed by atoms with Crippen molar-refractivity contribution in [1.82, 2.24) is 0 Å². The molecule has 0 aromatic rings. The second-order valence-electron chi connectivity index (χ2n) is 6.27. The molecule has 4 unspecified atom stereocenters. The van der Waals surface area contributed by atoms with Crippen molar-refractivity contribution in [3.63, 3.8) is 0 Å². The zero-order valence-electron chi connectivity index (χ0n) is 13.2. The van der Waals surface area contributed by atoms with Crippen molar-refractivity contribution in [2.75, 3.05) is 0 Å². The van der Waals surface area contributed by atoms with E-state index in [1.165, 1.54) is 12.5 Å². The molecule has 4 heteroatoms. The van der Waals surface area contributed by atoms with Crippen LogP contribution in [0.2, 0.25) is 0 Å². The number of hydrogen-bond donors (Lipinski definition) is 0. The molecule has 21 heavy (non-hydrogen) atoms. The minimum Gasteiger partial charge on any atom is -0.458 e. The van der Waals surface area contributed by atoms with Gasteiger partial charge >= 0.3 is 11.9 Å². The topological polar surface area (TPSA) is 52.6 Å². The van der Waals surface area contributed by atoms with Crippen LogP contribution in [0.15, 0.2) is 23.3 Å². The first kappa shape index (κ1) is 15.8. The smallest absolute Gasteiger partial charge is 0.309 e. The average molecular weight is 292 g/mol. The second kappa shape index (κ2) is 6.46. The number of rotatable bonds is 1. The molecule has 1 fully saturated rings. The molecular formula is C17H24O4. The van der Waals surface area contributed by atoms with Crippen LogP contribution in [0.1, 0.15) is 47.0 Å². The summed E-state index contributed by atoms with van der Waals surface area (Å²) in [5.74, 6) is -0.184. The lowest BCUT2D eigenvalue weighted by atomic mass is 9.84. The summed E-state index contributed by atoms with van der Waals surface area (Å²) in [5.41, 5.74) is 2.28. The van der Waals surface area contributed by atoms with E-state index in [1.54, 1.807) is 0 Å². The monoisotopic (exact) mass is 292 g/mol. The van der Waals surface area contributed by atoms with E-state index in [9.17, 15) is 9.59 Å². The Morgan fingerprint density at radius 2 is 2.00 bits per heavy atom. The summed E-state index contributed by atoms with van der Waals surface area (Å²) < 4.78 is 10.8. The number of allylic oxidation sites excluding steroid dienone is 1. The summed E-state index contributed by atoms with van der Waals surface area (Å²) in [6.45, 7) is 7.42. The third-order valence-electron chi connectivity index (χ3n) is 4.32. The van der Waals surface area contributed by atoms with Crippen molar-refractivity contribution in [3.05, 3.63) is 23.3 Å². The molecule has 0 aromatic heterocycles. The third-order valence-corrected chi connectivity index (χ3v) is 4.32. The first-order valence-corrected chi connectivity index (χ1v) is 7.59. The Kier molecular flexibility index (Phi) is 4.86. The van der Waals surface area contributed by atoms with Gasteiger partial charge < -0.3 is 9.47 Å². The molecule has 0 radical (unpaired) electrons. The molecule has 1 heterocycles. The van der Waals surface area contributed by atoms with Gasteiger partial charge in [0.25, 0.3) is 0 Å². The van der Waals surface area contributed by atoms with Gasteiger partial charge in [-0.15, -0.1) is 0 Å². The molecule has 4 nitrogen and oxygen atoms in total. The summed E-state index contributed by atoms with van der Waals surface area (Å²) in [4.78, 5) is 23.0. The molecule has 1 aliphatic heterocycles. The normalized spacial score (nSPS) is 38.4. The molecule has 116 valence electrons. The Labute approximate surface area is 126 Å². The molecule has 2 aliphatic rings. The van der Waals surface area contributed by atoms with Gasteiger partial charge in [-0.25, -0.2) is 0 Å². The molecule has 1 saturated heterocycles. The average Bonchev–Trinajstić information content (AvgIpc) is 2.61. The maximum absolute atomic E-state index is 11.8. The van der Waals surface area contributed by atoms with E-state index >= 15 is 0 Å². The zero-order chi connectivity index (χ0) is 15.6. The molecule has 0 N–H and O–H groups in total. The van der Waals surface area contributed by atoms with E-state index in [0.29, 0.717) is 6.42 Å². The minimum atomic E-state index is -0.271. The van der Waals surface area contributed by atoms with Crippen molar-refractivity contribution in [3.8, 4) is 0 Å². The van der Waals surface area contributed by atoms with E-state index in [1.807, 2.05) is 26.0 Å². The first-order valence-electron chi connectivity index (χ1n) is 7.59. The fourth-order valence-corrected chi connectivity index (χ4v) is 3.17. The van der Waals surface area contributed by atoms with Crippen LogP contribution in [0.4, 0.5) is 0 Å². The van der Waals surface area contributed by atoms with Crippen LogP contribution in [0.25, 0.3) is 0 Å². The predicted octanol–water partition coefficient (Wildman–Crippen LogP) is 3.17. The van der Waals surface area contributed by atoms with Crippen LogP contribution in [0.3, 0.4) is 0 Å². The van der Waals surface area contributed by atoms with Gasteiger partial charge in [0.15, 0.2) is 0 Å². The number of hydrogen-bond acceptors (Lipinski definition) is 4. The maximum Gasteiger partial charge on any atom is 0.309 e. The number of carbonyl (C=O) groups is 2. The van der Waals surface area contributed by atoms with E-state index in [-0.39, 0.29) is 36.0 Å². The quantitative estimate of drug-likeness (QED) is 0.550. The Balaban J connectivity index is 2.22. The Bertz CT molecular complexity index is 489. The van der Waals surface area contributed by atoms with Gasteiger partial charge in [0.1, 0.15) is 12.2 Å². The Morgan fingerprint density at radius 3 is 2.67 bits per heavy atom. The van der Waals surface area contributed by atoms with Gasteiger partial charge in [0.05, 0.1) is 5.92 Å². The Hall–Kier alpha value is -1.58. The number of fused-ring (bicyclic) bond motifs is 1. The SMILES string of the molecule is CC(=O)OC1/C=C(/C)CCC2C(/C=C(\C)C1)OC(=O)C2C. The molecular weight excluding hydrogens is 268 g/mol. The van der Waals surface area contributed by atoms with Crippen molar-refractivity contribution < 1.29 is 19.1 Å². The van der Waals surface area contributed by atoms with Crippen molar-refractivity contribution in [1.29, 1.82) is 0 Å². The summed E-state index contributed by atoms with van der Waals surface area (Å²) in [5, 5.41) is 0. The third kappa shape index (κ3) is 3.96. The van der Waals surface area contributed by atoms with E-state index < -0.39 is 0 Å². The first-order chi connectivity index (χ1) is 9.86. The summed E-state index contributed by atoms with van der Waals surface area (Å²) in [7, 11) is 0. The van der Waals surface area contributed by atoms with Gasteiger partial charge in [-0.05, 0) is 38.8 Å². The van der Waals surface area contributed by atoms with Crippen molar-refractivity contribution in [2.24, 2.45) is 11.8 Å². The minimum absolute atomic E-state index is 0.0458. The van der Waals surface area contributed by atoms with Gasteiger partial charge in [-0.1, -0.05) is 18.1 Å². The highest BCUT2D eigenvalue weighted by Gasteiger charge is 2.40. The van der Waals surface area contributed by atoms with Gasteiger partial charge in [0.2, 0.25) is 0 Å². The second-order valence-corrected chi connectivity index (χ2v) is 6.27.